The van der Waals surface area contributed by atoms with Crippen LogP contribution in [0.4, 0.5) is 4.39 Å². The van der Waals surface area contributed by atoms with E-state index in [1.54, 1.807) is 25.3 Å². The molecule has 0 radical (unpaired) electrons. The summed E-state index contributed by atoms with van der Waals surface area (Å²) >= 11 is 0. The standard InChI is InChI=1S/C24H25FN8O2/c1-16-19(3-4-21(25)20(16)11-26)22-14-31-7-8-32(13-18(31)6-9-35-22)24(34)10-17-2-5-23(27-12-17)33-15-28-29-30-33/h2-5,12,15,18,22H,6-10,13-14H2,1H3/t18-,22-/m0/s1. The first-order chi connectivity index (χ1) is 17.0. The number of carbonyl (C=O) groups is 1. The number of fused-ring (bicyclic) bond motifs is 1. The van der Waals surface area contributed by atoms with Crippen LogP contribution in [0.5, 0.6) is 0 Å². The number of nitrogens with zero attached hydrogens (tertiary/aromatic N) is 8. The van der Waals surface area contributed by atoms with Gasteiger partial charge in [0.25, 0.3) is 0 Å². The molecular formula is C24H25FN8O2. The van der Waals surface area contributed by atoms with E-state index in [1.807, 2.05) is 17.0 Å². The number of pyridine rings is 1. The predicted molar refractivity (Wildman–Crippen MR) is 122 cm³/mol. The summed E-state index contributed by atoms with van der Waals surface area (Å²) in [6.07, 6.45) is 3.98. The van der Waals surface area contributed by atoms with Crippen molar-refractivity contribution < 1.29 is 13.9 Å². The number of benzene rings is 1. The molecule has 0 unspecified atom stereocenters. The molecule has 2 aliphatic rings. The lowest BCUT2D eigenvalue weighted by Crippen LogP contribution is -2.55. The van der Waals surface area contributed by atoms with E-state index in [2.05, 4.69) is 25.4 Å². The van der Waals surface area contributed by atoms with Crippen LogP contribution in [-0.2, 0) is 16.0 Å². The summed E-state index contributed by atoms with van der Waals surface area (Å²) in [6, 6.07) is 8.86. The van der Waals surface area contributed by atoms with Gasteiger partial charge in [-0.05, 0) is 52.6 Å². The molecule has 10 nitrogen and oxygen atoms in total. The normalized spacial score (nSPS) is 20.7. The topological polar surface area (TPSA) is 113 Å². The number of amides is 1. The molecule has 3 aromatic rings. The number of ether oxygens (including phenoxy) is 1. The molecule has 2 aliphatic heterocycles. The van der Waals surface area contributed by atoms with E-state index in [0.29, 0.717) is 37.6 Å². The van der Waals surface area contributed by atoms with Crippen molar-refractivity contribution in [2.45, 2.75) is 31.9 Å². The molecule has 1 aromatic carbocycles. The van der Waals surface area contributed by atoms with E-state index >= 15 is 0 Å². The Morgan fingerprint density at radius 1 is 1.26 bits per heavy atom. The van der Waals surface area contributed by atoms with E-state index in [-0.39, 0.29) is 30.0 Å². The Kier molecular flexibility index (Phi) is 6.48. The molecule has 2 saturated heterocycles. The van der Waals surface area contributed by atoms with E-state index in [4.69, 9.17) is 4.74 Å². The molecule has 4 heterocycles. The number of tetrazole rings is 1. The maximum absolute atomic E-state index is 14.0. The lowest BCUT2D eigenvalue weighted by atomic mass is 9.97. The molecule has 1 amide bonds. The minimum Gasteiger partial charge on any atom is -0.372 e. The van der Waals surface area contributed by atoms with Crippen LogP contribution >= 0.6 is 0 Å². The highest BCUT2D eigenvalue weighted by Crippen LogP contribution is 2.30. The van der Waals surface area contributed by atoms with Gasteiger partial charge in [0, 0.05) is 45.0 Å². The van der Waals surface area contributed by atoms with E-state index in [9.17, 15) is 14.4 Å². The summed E-state index contributed by atoms with van der Waals surface area (Å²) in [6.45, 7) is 4.95. The maximum Gasteiger partial charge on any atom is 0.227 e. The van der Waals surface area contributed by atoms with Crippen LogP contribution in [-0.4, -0.2) is 79.7 Å². The van der Waals surface area contributed by atoms with Crippen molar-refractivity contribution >= 4 is 5.91 Å². The van der Waals surface area contributed by atoms with Crippen molar-refractivity contribution in [1.82, 2.24) is 35.0 Å². The van der Waals surface area contributed by atoms with E-state index in [0.717, 1.165) is 24.1 Å². The summed E-state index contributed by atoms with van der Waals surface area (Å²) in [5.74, 6) is 0.148. The van der Waals surface area contributed by atoms with E-state index < -0.39 is 5.82 Å². The first kappa shape index (κ1) is 23.0. The smallest absolute Gasteiger partial charge is 0.227 e. The third kappa shape index (κ3) is 4.76. The Labute approximate surface area is 201 Å². The van der Waals surface area contributed by atoms with Crippen molar-refractivity contribution in [3.63, 3.8) is 0 Å². The molecule has 5 rings (SSSR count). The first-order valence-electron chi connectivity index (χ1n) is 11.5. The highest BCUT2D eigenvalue weighted by atomic mass is 19.1. The number of halogens is 1. The molecule has 11 heteroatoms. The molecule has 0 saturated carbocycles. The van der Waals surface area contributed by atoms with Crippen LogP contribution in [0.2, 0.25) is 0 Å². The zero-order valence-corrected chi connectivity index (χ0v) is 19.3. The number of hydrogen-bond acceptors (Lipinski definition) is 8. The third-order valence-electron chi connectivity index (χ3n) is 6.79. The van der Waals surface area contributed by atoms with Crippen molar-refractivity contribution in [2.24, 2.45) is 0 Å². The molecule has 0 bridgehead atoms. The van der Waals surface area contributed by atoms with Crippen LogP contribution < -0.4 is 0 Å². The fraction of sp³-hybridized carbons (Fsp3) is 0.417. The van der Waals surface area contributed by atoms with E-state index in [1.165, 1.54) is 17.1 Å². The SMILES string of the molecule is Cc1c([C@@H]2CN3CCN(C(=O)Cc4ccc(-n5cnnn5)nc4)C[C@@H]3CCO2)ccc(F)c1C#N. The second kappa shape index (κ2) is 9.85. The van der Waals surface area contributed by atoms with Crippen LogP contribution in [0.3, 0.4) is 0 Å². The van der Waals surface area contributed by atoms with Gasteiger partial charge < -0.3 is 9.64 Å². The summed E-state index contributed by atoms with van der Waals surface area (Å²) < 4.78 is 21.6. The number of nitriles is 1. The van der Waals surface area contributed by atoms with Crippen molar-refractivity contribution in [2.75, 3.05) is 32.8 Å². The first-order valence-corrected chi connectivity index (χ1v) is 11.5. The van der Waals surface area contributed by atoms with Crippen molar-refractivity contribution in [3.8, 4) is 11.9 Å². The molecular weight excluding hydrogens is 451 g/mol. The maximum atomic E-state index is 14.0. The predicted octanol–water partition coefficient (Wildman–Crippen LogP) is 1.59. The molecule has 0 N–H and O–H groups in total. The lowest BCUT2D eigenvalue weighted by molar-refractivity contribution is -0.133. The Bertz CT molecular complexity index is 1240. The molecule has 2 fully saturated rings. The minimum atomic E-state index is -0.507. The van der Waals surface area contributed by atoms with Gasteiger partial charge in [-0.25, -0.2) is 9.37 Å². The fourth-order valence-electron chi connectivity index (χ4n) is 4.82. The monoisotopic (exact) mass is 476 g/mol. The zero-order valence-electron chi connectivity index (χ0n) is 19.3. The number of carbonyl (C=O) groups excluding carboxylic acids is 1. The molecule has 35 heavy (non-hydrogen) atoms. The third-order valence-corrected chi connectivity index (χ3v) is 6.79. The van der Waals surface area contributed by atoms with Crippen LogP contribution in [0.15, 0.2) is 36.8 Å². The average Bonchev–Trinajstić information content (AvgIpc) is 3.32. The van der Waals surface area contributed by atoms with Crippen molar-refractivity contribution in [1.29, 1.82) is 5.26 Å². The molecule has 0 aliphatic carbocycles. The second-order valence-corrected chi connectivity index (χ2v) is 8.84. The Morgan fingerprint density at radius 3 is 2.89 bits per heavy atom. The summed E-state index contributed by atoms with van der Waals surface area (Å²) in [4.78, 5) is 21.6. The summed E-state index contributed by atoms with van der Waals surface area (Å²) in [5.41, 5.74) is 2.38. The van der Waals surface area contributed by atoms with Gasteiger partial charge in [-0.1, -0.05) is 12.1 Å². The van der Waals surface area contributed by atoms with Crippen molar-refractivity contribution in [3.05, 3.63) is 64.9 Å². The fourth-order valence-corrected chi connectivity index (χ4v) is 4.82. The number of piperazine rings is 1. The largest absolute Gasteiger partial charge is 0.372 e. The second-order valence-electron chi connectivity index (χ2n) is 8.84. The zero-order chi connectivity index (χ0) is 24.4. The van der Waals surface area contributed by atoms with Gasteiger partial charge in [0.05, 0.1) is 18.1 Å². The molecule has 180 valence electrons. The van der Waals surface area contributed by atoms with Gasteiger partial charge in [-0.3, -0.25) is 9.69 Å². The van der Waals surface area contributed by atoms with Gasteiger partial charge in [-0.15, -0.1) is 5.10 Å². The Morgan fingerprint density at radius 2 is 2.14 bits per heavy atom. The van der Waals surface area contributed by atoms with Gasteiger partial charge in [0.2, 0.25) is 5.91 Å². The van der Waals surface area contributed by atoms with Gasteiger partial charge in [0.1, 0.15) is 18.2 Å². The average molecular weight is 477 g/mol. The molecule has 0 spiro atoms. The minimum absolute atomic E-state index is 0.0661. The highest BCUT2D eigenvalue weighted by molar-refractivity contribution is 5.78. The Balaban J connectivity index is 1.22. The Hall–Kier alpha value is -3.75. The van der Waals surface area contributed by atoms with Gasteiger partial charge >= 0.3 is 0 Å². The lowest BCUT2D eigenvalue weighted by Gasteiger charge is -2.41. The number of rotatable bonds is 4. The van der Waals surface area contributed by atoms with Crippen LogP contribution in [0, 0.1) is 24.1 Å². The van der Waals surface area contributed by atoms with Gasteiger partial charge in [0.15, 0.2) is 5.82 Å². The highest BCUT2D eigenvalue weighted by Gasteiger charge is 2.34. The summed E-state index contributed by atoms with van der Waals surface area (Å²) in [5, 5.41) is 20.3. The number of hydrogen-bond donors (Lipinski definition) is 0. The summed E-state index contributed by atoms with van der Waals surface area (Å²) in [7, 11) is 0. The quantitative estimate of drug-likeness (QED) is 0.558. The van der Waals surface area contributed by atoms with Gasteiger partial charge in [-0.2, -0.15) is 9.94 Å². The molecule has 2 atom stereocenters. The van der Waals surface area contributed by atoms with Crippen LogP contribution in [0.25, 0.3) is 5.82 Å². The van der Waals surface area contributed by atoms with Crippen LogP contribution in [0.1, 0.15) is 34.8 Å². The molecule has 2 aromatic heterocycles. The number of aromatic nitrogens is 5.